The first-order chi connectivity index (χ1) is 7.51. The van der Waals surface area contributed by atoms with Gasteiger partial charge in [0, 0.05) is 12.6 Å². The van der Waals surface area contributed by atoms with E-state index >= 15 is 0 Å². The molecule has 1 aliphatic heterocycles. The summed E-state index contributed by atoms with van der Waals surface area (Å²) in [6, 6.07) is 0.721. The van der Waals surface area contributed by atoms with Gasteiger partial charge < -0.3 is 15.3 Å². The molecule has 1 fully saturated rings. The van der Waals surface area contributed by atoms with Crippen molar-refractivity contribution in [3.63, 3.8) is 0 Å². The summed E-state index contributed by atoms with van der Waals surface area (Å²) in [7, 11) is 0. The highest BCUT2D eigenvalue weighted by atomic mass is 16.3. The van der Waals surface area contributed by atoms with Crippen molar-refractivity contribution in [2.24, 2.45) is 0 Å². The third-order valence-corrected chi connectivity index (χ3v) is 3.31. The van der Waals surface area contributed by atoms with Crippen LogP contribution in [-0.4, -0.2) is 47.8 Å². The topological polar surface area (TPSA) is 35.5 Å². The van der Waals surface area contributed by atoms with Crippen LogP contribution in [0.5, 0.6) is 0 Å². The molecule has 3 nitrogen and oxygen atoms in total. The lowest BCUT2D eigenvalue weighted by Crippen LogP contribution is -2.43. The van der Waals surface area contributed by atoms with Gasteiger partial charge in [-0.1, -0.05) is 6.92 Å². The van der Waals surface area contributed by atoms with Crippen molar-refractivity contribution in [2.75, 3.05) is 26.2 Å². The Morgan fingerprint density at radius 1 is 1.31 bits per heavy atom. The lowest BCUT2D eigenvalue weighted by Gasteiger charge is -2.33. The number of nitrogens with zero attached hydrogens (tertiary/aromatic N) is 1. The number of nitrogens with one attached hydrogen (secondary N) is 1. The summed E-state index contributed by atoms with van der Waals surface area (Å²) in [4.78, 5) is 2.47. The third kappa shape index (κ3) is 5.83. The van der Waals surface area contributed by atoms with Crippen molar-refractivity contribution in [3.05, 3.63) is 0 Å². The molecule has 2 N–H and O–H groups in total. The fourth-order valence-corrected chi connectivity index (χ4v) is 2.14. The number of rotatable bonds is 6. The van der Waals surface area contributed by atoms with E-state index in [9.17, 15) is 5.11 Å². The molecule has 0 aromatic heterocycles. The largest absolute Gasteiger partial charge is 0.390 e. The Kier molecular flexibility index (Phi) is 5.73. The van der Waals surface area contributed by atoms with Crippen LogP contribution < -0.4 is 5.32 Å². The highest BCUT2D eigenvalue weighted by Gasteiger charge is 2.20. The zero-order valence-corrected chi connectivity index (χ0v) is 11.1. The highest BCUT2D eigenvalue weighted by Crippen LogP contribution is 2.14. The van der Waals surface area contributed by atoms with Crippen molar-refractivity contribution < 1.29 is 5.11 Å². The molecule has 0 bridgehead atoms. The zero-order valence-electron chi connectivity index (χ0n) is 11.1. The fraction of sp³-hybridized carbons (Fsp3) is 1.00. The Bertz CT molecular complexity index is 181. The molecule has 96 valence electrons. The van der Waals surface area contributed by atoms with Crippen LogP contribution in [0.3, 0.4) is 0 Å². The van der Waals surface area contributed by atoms with Crippen LogP contribution in [0.2, 0.25) is 0 Å². The van der Waals surface area contributed by atoms with Crippen molar-refractivity contribution in [3.8, 4) is 0 Å². The van der Waals surface area contributed by atoms with Crippen LogP contribution in [0.25, 0.3) is 0 Å². The molecule has 0 aliphatic carbocycles. The van der Waals surface area contributed by atoms with Gasteiger partial charge in [0.15, 0.2) is 0 Å². The van der Waals surface area contributed by atoms with Crippen LogP contribution >= 0.6 is 0 Å². The molecule has 1 aliphatic rings. The molecule has 0 unspecified atom stereocenters. The van der Waals surface area contributed by atoms with E-state index in [4.69, 9.17) is 0 Å². The normalized spacial score (nSPS) is 20.2. The summed E-state index contributed by atoms with van der Waals surface area (Å²) in [6.45, 7) is 10.5. The van der Waals surface area contributed by atoms with E-state index in [0.29, 0.717) is 0 Å². The van der Waals surface area contributed by atoms with Crippen molar-refractivity contribution in [1.29, 1.82) is 0 Å². The van der Waals surface area contributed by atoms with Gasteiger partial charge in [-0.15, -0.1) is 0 Å². The van der Waals surface area contributed by atoms with Gasteiger partial charge in [0.05, 0.1) is 5.60 Å². The highest BCUT2D eigenvalue weighted by molar-refractivity contribution is 4.78. The second-order valence-electron chi connectivity index (χ2n) is 5.63. The second kappa shape index (κ2) is 6.58. The van der Waals surface area contributed by atoms with E-state index in [2.05, 4.69) is 17.1 Å². The molecule has 1 rings (SSSR count). The fourth-order valence-electron chi connectivity index (χ4n) is 2.14. The predicted octanol–water partition coefficient (Wildman–Crippen LogP) is 1.61. The van der Waals surface area contributed by atoms with Crippen molar-refractivity contribution in [1.82, 2.24) is 10.2 Å². The zero-order chi connectivity index (χ0) is 12.0. The van der Waals surface area contributed by atoms with Gasteiger partial charge >= 0.3 is 0 Å². The van der Waals surface area contributed by atoms with Crippen molar-refractivity contribution in [2.45, 2.75) is 58.1 Å². The van der Waals surface area contributed by atoms with Gasteiger partial charge in [0.1, 0.15) is 0 Å². The molecule has 0 radical (unpaired) electrons. The van der Waals surface area contributed by atoms with E-state index in [0.717, 1.165) is 25.6 Å². The average molecular weight is 228 g/mol. The molecule has 0 amide bonds. The summed E-state index contributed by atoms with van der Waals surface area (Å²) in [6.07, 6.45) is 4.61. The Morgan fingerprint density at radius 3 is 2.44 bits per heavy atom. The van der Waals surface area contributed by atoms with Gasteiger partial charge in [-0.05, 0) is 59.2 Å². The molecule has 0 aromatic carbocycles. The quantitative estimate of drug-likeness (QED) is 0.725. The van der Waals surface area contributed by atoms with Gasteiger partial charge in [-0.2, -0.15) is 0 Å². The Balaban J connectivity index is 2.12. The SMILES string of the molecule is CCCNC1CCN(CCC(C)(C)O)CC1. The first kappa shape index (κ1) is 13.9. The molecule has 0 aromatic rings. The average Bonchev–Trinajstić information content (AvgIpc) is 2.24. The predicted molar refractivity (Wildman–Crippen MR) is 68.7 cm³/mol. The second-order valence-corrected chi connectivity index (χ2v) is 5.63. The van der Waals surface area contributed by atoms with Gasteiger partial charge in [0.25, 0.3) is 0 Å². The molecule has 16 heavy (non-hydrogen) atoms. The van der Waals surface area contributed by atoms with Crippen LogP contribution in [0.4, 0.5) is 0 Å². The van der Waals surface area contributed by atoms with Gasteiger partial charge in [-0.3, -0.25) is 0 Å². The van der Waals surface area contributed by atoms with E-state index in [1.807, 2.05) is 13.8 Å². The summed E-state index contributed by atoms with van der Waals surface area (Å²) in [5.74, 6) is 0. The maximum atomic E-state index is 9.68. The molecule has 1 saturated heterocycles. The van der Waals surface area contributed by atoms with Crippen LogP contribution in [0.1, 0.15) is 46.5 Å². The smallest absolute Gasteiger partial charge is 0.0603 e. The minimum absolute atomic E-state index is 0.517. The number of piperidine rings is 1. The lowest BCUT2D eigenvalue weighted by molar-refractivity contribution is 0.0534. The molecular weight excluding hydrogens is 200 g/mol. The van der Waals surface area contributed by atoms with E-state index < -0.39 is 5.60 Å². The third-order valence-electron chi connectivity index (χ3n) is 3.31. The monoisotopic (exact) mass is 228 g/mol. The van der Waals surface area contributed by atoms with Gasteiger partial charge in [-0.25, -0.2) is 0 Å². The Morgan fingerprint density at radius 2 is 1.94 bits per heavy atom. The summed E-state index contributed by atoms with van der Waals surface area (Å²) >= 11 is 0. The molecular formula is C13H28N2O. The Labute approximate surface area is 100 Å². The van der Waals surface area contributed by atoms with E-state index in [-0.39, 0.29) is 0 Å². The van der Waals surface area contributed by atoms with E-state index in [1.54, 1.807) is 0 Å². The first-order valence-corrected chi connectivity index (χ1v) is 6.69. The molecule has 0 atom stereocenters. The van der Waals surface area contributed by atoms with Crippen molar-refractivity contribution >= 4 is 0 Å². The summed E-state index contributed by atoms with van der Waals surface area (Å²) in [5, 5.41) is 13.3. The molecule has 3 heteroatoms. The molecule has 0 saturated carbocycles. The Hall–Kier alpha value is -0.120. The number of aliphatic hydroxyl groups is 1. The summed E-state index contributed by atoms with van der Waals surface area (Å²) in [5.41, 5.74) is -0.517. The minimum Gasteiger partial charge on any atom is -0.390 e. The molecule has 0 spiro atoms. The van der Waals surface area contributed by atoms with Crippen LogP contribution in [-0.2, 0) is 0 Å². The summed E-state index contributed by atoms with van der Waals surface area (Å²) < 4.78 is 0. The molecule has 1 heterocycles. The standard InChI is InChI=1S/C13H28N2O/c1-4-8-14-12-5-9-15(10-6-12)11-7-13(2,3)16/h12,14,16H,4-11H2,1-3H3. The number of hydrogen-bond acceptors (Lipinski definition) is 3. The maximum Gasteiger partial charge on any atom is 0.0603 e. The van der Waals surface area contributed by atoms with Gasteiger partial charge in [0.2, 0.25) is 0 Å². The lowest BCUT2D eigenvalue weighted by atomic mass is 10.0. The maximum absolute atomic E-state index is 9.68. The number of hydrogen-bond donors (Lipinski definition) is 2. The minimum atomic E-state index is -0.517. The van der Waals surface area contributed by atoms with Crippen LogP contribution in [0.15, 0.2) is 0 Å². The van der Waals surface area contributed by atoms with E-state index in [1.165, 1.54) is 32.4 Å². The number of likely N-dealkylation sites (tertiary alicyclic amines) is 1. The van der Waals surface area contributed by atoms with Crippen LogP contribution in [0, 0.1) is 0 Å². The first-order valence-electron chi connectivity index (χ1n) is 6.69.